The van der Waals surface area contributed by atoms with Crippen molar-refractivity contribution in [3.63, 3.8) is 0 Å². The lowest BCUT2D eigenvalue weighted by molar-refractivity contribution is 0.103. The van der Waals surface area contributed by atoms with Crippen molar-refractivity contribution in [2.45, 2.75) is 30.6 Å². The molecule has 0 aromatic heterocycles. The average Bonchev–Trinajstić information content (AvgIpc) is 2.74. The molecule has 2 aliphatic rings. The second-order valence-corrected chi connectivity index (χ2v) is 9.30. The minimum Gasteiger partial charge on any atom is -0.507 e. The van der Waals surface area contributed by atoms with Crippen LogP contribution in [0.25, 0.3) is 10.8 Å². The normalized spacial score (nSPS) is 15.8. The summed E-state index contributed by atoms with van der Waals surface area (Å²) < 4.78 is 32.9. The van der Waals surface area contributed by atoms with Gasteiger partial charge in [-0.1, -0.05) is 18.2 Å². The van der Waals surface area contributed by atoms with Gasteiger partial charge in [-0.25, -0.2) is 0 Å². The fourth-order valence-electron chi connectivity index (χ4n) is 4.87. The standard InChI is InChI=1S/C23H21NO5S/c25-22(17-6-1-2-8-20(17)30(27,28)29)18-10-9-15-16-7-4-12-24-11-3-5-14(21(16)24)13-19(15)23(18)26/h1-2,6,8-10,13,26H,3-5,7,11-12H2,(H,27,28,29). The lowest BCUT2D eigenvalue weighted by Crippen LogP contribution is -2.34. The SMILES string of the molecule is O=C(c1ccccc1S(=O)(=O)O)c1ccc2c3c4c(cc2c1O)CCCN4CCC3. The fourth-order valence-corrected chi connectivity index (χ4v) is 5.56. The molecule has 30 heavy (non-hydrogen) atoms. The Labute approximate surface area is 174 Å². The summed E-state index contributed by atoms with van der Waals surface area (Å²) in [5, 5.41) is 12.6. The zero-order valence-electron chi connectivity index (χ0n) is 16.3. The van der Waals surface area contributed by atoms with Crippen LogP contribution in [0.3, 0.4) is 0 Å². The molecule has 0 fully saturated rings. The number of benzene rings is 3. The summed E-state index contributed by atoms with van der Waals surface area (Å²) in [4.78, 5) is 15.1. The van der Waals surface area contributed by atoms with Crippen molar-refractivity contribution in [1.82, 2.24) is 0 Å². The van der Waals surface area contributed by atoms with Crippen LogP contribution in [-0.2, 0) is 23.0 Å². The van der Waals surface area contributed by atoms with Crippen LogP contribution < -0.4 is 4.90 Å². The average molecular weight is 423 g/mol. The third-order valence-electron chi connectivity index (χ3n) is 6.15. The first kappa shape index (κ1) is 19.1. The Morgan fingerprint density at radius 3 is 2.43 bits per heavy atom. The summed E-state index contributed by atoms with van der Waals surface area (Å²) in [5.74, 6) is -0.792. The molecule has 0 saturated carbocycles. The third kappa shape index (κ3) is 2.88. The minimum atomic E-state index is -4.57. The van der Waals surface area contributed by atoms with Gasteiger partial charge in [0.25, 0.3) is 10.1 Å². The Morgan fingerprint density at radius 1 is 0.933 bits per heavy atom. The molecule has 2 aliphatic heterocycles. The molecule has 154 valence electrons. The van der Waals surface area contributed by atoms with Gasteiger partial charge in [0, 0.05) is 29.7 Å². The number of anilines is 1. The lowest BCUT2D eigenvalue weighted by Gasteiger charge is -2.37. The number of ketones is 1. The van der Waals surface area contributed by atoms with Gasteiger partial charge in [-0.15, -0.1) is 0 Å². The number of hydrogen-bond acceptors (Lipinski definition) is 5. The van der Waals surface area contributed by atoms with Crippen LogP contribution in [0.5, 0.6) is 5.75 Å². The number of phenols is 1. The summed E-state index contributed by atoms with van der Waals surface area (Å²) in [6, 6.07) is 10.8. The van der Waals surface area contributed by atoms with Gasteiger partial charge in [0.1, 0.15) is 10.6 Å². The fraction of sp³-hybridized carbons (Fsp3) is 0.261. The quantitative estimate of drug-likeness (QED) is 0.492. The summed E-state index contributed by atoms with van der Waals surface area (Å²) in [5.41, 5.74) is 3.52. The number of nitrogens with zero attached hydrogens (tertiary/aromatic N) is 1. The van der Waals surface area contributed by atoms with Crippen LogP contribution in [0.4, 0.5) is 5.69 Å². The van der Waals surface area contributed by atoms with Gasteiger partial charge in [0.2, 0.25) is 0 Å². The van der Waals surface area contributed by atoms with E-state index in [0.717, 1.165) is 44.2 Å². The molecule has 0 unspecified atom stereocenters. The van der Waals surface area contributed by atoms with E-state index in [1.54, 1.807) is 6.07 Å². The van der Waals surface area contributed by atoms with Gasteiger partial charge in [-0.2, -0.15) is 8.42 Å². The Balaban J connectivity index is 1.71. The summed E-state index contributed by atoms with van der Waals surface area (Å²) in [7, 11) is -4.57. The molecule has 5 rings (SSSR count). The number of rotatable bonds is 3. The molecular formula is C23H21NO5S. The third-order valence-corrected chi connectivity index (χ3v) is 7.06. The van der Waals surface area contributed by atoms with Crippen LogP contribution in [-0.4, -0.2) is 36.9 Å². The second kappa shape index (κ2) is 6.82. The van der Waals surface area contributed by atoms with Gasteiger partial charge in [-0.05, 0) is 66.5 Å². The molecular weight excluding hydrogens is 402 g/mol. The molecule has 7 heteroatoms. The topological polar surface area (TPSA) is 94.9 Å². The van der Waals surface area contributed by atoms with Crippen LogP contribution >= 0.6 is 0 Å². The van der Waals surface area contributed by atoms with Crippen molar-refractivity contribution in [1.29, 1.82) is 0 Å². The predicted molar refractivity (Wildman–Crippen MR) is 114 cm³/mol. The monoisotopic (exact) mass is 423 g/mol. The zero-order chi connectivity index (χ0) is 21.0. The van der Waals surface area contributed by atoms with E-state index in [2.05, 4.69) is 4.90 Å². The van der Waals surface area contributed by atoms with E-state index in [9.17, 15) is 22.9 Å². The first-order valence-corrected chi connectivity index (χ1v) is 11.5. The van der Waals surface area contributed by atoms with Crippen molar-refractivity contribution >= 4 is 32.4 Å². The molecule has 2 heterocycles. The zero-order valence-corrected chi connectivity index (χ0v) is 17.1. The van der Waals surface area contributed by atoms with Crippen LogP contribution in [0, 0.1) is 0 Å². The number of hydrogen-bond donors (Lipinski definition) is 2. The Hall–Kier alpha value is -2.90. The van der Waals surface area contributed by atoms with E-state index in [1.165, 1.54) is 41.1 Å². The number of fused-ring (bicyclic) bond motifs is 2. The molecule has 0 aliphatic carbocycles. The highest BCUT2D eigenvalue weighted by atomic mass is 32.2. The van der Waals surface area contributed by atoms with Crippen molar-refractivity contribution in [3.8, 4) is 5.75 Å². The van der Waals surface area contributed by atoms with Crippen LogP contribution in [0.2, 0.25) is 0 Å². The lowest BCUT2D eigenvalue weighted by atomic mass is 9.86. The van der Waals surface area contributed by atoms with Gasteiger partial charge < -0.3 is 10.0 Å². The van der Waals surface area contributed by atoms with Gasteiger partial charge >= 0.3 is 0 Å². The maximum absolute atomic E-state index is 13.1. The molecule has 0 bridgehead atoms. The number of carbonyl (C=O) groups excluding carboxylic acids is 1. The summed E-state index contributed by atoms with van der Waals surface area (Å²) >= 11 is 0. The van der Waals surface area contributed by atoms with E-state index in [-0.39, 0.29) is 16.9 Å². The molecule has 3 aromatic rings. The summed E-state index contributed by atoms with van der Waals surface area (Å²) in [6.45, 7) is 2.08. The number of phenolic OH excluding ortho intramolecular Hbond substituents is 1. The highest BCUT2D eigenvalue weighted by Gasteiger charge is 2.28. The molecule has 2 N–H and O–H groups in total. The highest BCUT2D eigenvalue weighted by Crippen LogP contribution is 2.43. The first-order chi connectivity index (χ1) is 14.4. The number of aromatic hydroxyl groups is 1. The Morgan fingerprint density at radius 2 is 1.67 bits per heavy atom. The minimum absolute atomic E-state index is 0.0224. The molecule has 0 atom stereocenters. The molecule has 6 nitrogen and oxygen atoms in total. The first-order valence-electron chi connectivity index (χ1n) is 10.0. The molecule has 0 amide bonds. The predicted octanol–water partition coefficient (Wildman–Crippen LogP) is 3.72. The highest BCUT2D eigenvalue weighted by molar-refractivity contribution is 7.86. The van der Waals surface area contributed by atoms with Gasteiger partial charge in [0.05, 0.1) is 5.56 Å². The van der Waals surface area contributed by atoms with Gasteiger partial charge in [0.15, 0.2) is 5.78 Å². The largest absolute Gasteiger partial charge is 0.507 e. The molecule has 3 aromatic carbocycles. The van der Waals surface area contributed by atoms with Crippen molar-refractivity contribution in [3.05, 3.63) is 64.7 Å². The maximum atomic E-state index is 13.1. The van der Waals surface area contributed by atoms with E-state index in [0.29, 0.717) is 5.39 Å². The smallest absolute Gasteiger partial charge is 0.295 e. The number of aryl methyl sites for hydroxylation is 2. The summed E-state index contributed by atoms with van der Waals surface area (Å²) in [6.07, 6.45) is 3.96. The van der Waals surface area contributed by atoms with E-state index in [1.807, 2.05) is 12.1 Å². The number of carbonyl (C=O) groups is 1. The van der Waals surface area contributed by atoms with E-state index < -0.39 is 20.8 Å². The molecule has 0 radical (unpaired) electrons. The Bertz CT molecular complexity index is 1310. The molecule has 0 spiro atoms. The van der Waals surface area contributed by atoms with Crippen LogP contribution in [0.15, 0.2) is 47.4 Å². The Kier molecular flexibility index (Phi) is 4.34. The van der Waals surface area contributed by atoms with Crippen molar-refractivity contribution in [2.75, 3.05) is 18.0 Å². The molecule has 0 saturated heterocycles. The van der Waals surface area contributed by atoms with E-state index >= 15 is 0 Å². The van der Waals surface area contributed by atoms with Gasteiger partial charge in [-0.3, -0.25) is 9.35 Å². The van der Waals surface area contributed by atoms with Crippen molar-refractivity contribution in [2.24, 2.45) is 0 Å². The van der Waals surface area contributed by atoms with Crippen LogP contribution in [0.1, 0.15) is 39.9 Å². The second-order valence-electron chi connectivity index (χ2n) is 7.91. The van der Waals surface area contributed by atoms with Crippen molar-refractivity contribution < 1.29 is 22.9 Å². The maximum Gasteiger partial charge on any atom is 0.295 e. The van der Waals surface area contributed by atoms with E-state index in [4.69, 9.17) is 0 Å².